The minimum atomic E-state index is -3.49. The van der Waals surface area contributed by atoms with Gasteiger partial charge in [-0.05, 0) is 61.1 Å². The second-order valence-corrected chi connectivity index (χ2v) is 16.8. The number of aromatic nitrogens is 2. The Bertz CT molecular complexity index is 808. The normalized spacial score (nSPS) is 14.3. The Kier molecular flexibility index (Phi) is 10.9. The van der Waals surface area contributed by atoms with Gasteiger partial charge in [-0.25, -0.2) is 0 Å². The molecule has 0 aliphatic heterocycles. The van der Waals surface area contributed by atoms with Crippen LogP contribution in [0, 0.1) is 3.57 Å². The Morgan fingerprint density at radius 2 is 1.87 bits per heavy atom. The molecule has 0 aromatic carbocycles. The molecule has 11 heteroatoms. The molecule has 0 radical (unpaired) electrons. The van der Waals surface area contributed by atoms with Crippen LogP contribution in [0.4, 0.5) is 0 Å². The van der Waals surface area contributed by atoms with Gasteiger partial charge in [0.15, 0.2) is 8.32 Å². The summed E-state index contributed by atoms with van der Waals surface area (Å²) >= 11 is 2.27. The topological polar surface area (TPSA) is 82.9 Å². The van der Waals surface area contributed by atoms with Crippen LogP contribution >= 0.6 is 22.6 Å². The molecule has 1 heterocycles. The van der Waals surface area contributed by atoms with Gasteiger partial charge in [0, 0.05) is 13.1 Å². The van der Waals surface area contributed by atoms with E-state index in [9.17, 15) is 8.42 Å². The molecule has 0 saturated carbocycles. The Labute approximate surface area is 203 Å². The van der Waals surface area contributed by atoms with Gasteiger partial charge >= 0.3 is 0 Å². The van der Waals surface area contributed by atoms with E-state index in [-0.39, 0.29) is 11.1 Å². The van der Waals surface area contributed by atoms with Gasteiger partial charge in [-0.1, -0.05) is 27.7 Å². The molecule has 0 amide bonds. The highest BCUT2D eigenvalue weighted by Crippen LogP contribution is 2.36. The number of ether oxygens (including phenoxy) is 1. The van der Waals surface area contributed by atoms with Crippen molar-refractivity contribution in [3.8, 4) is 5.88 Å². The van der Waals surface area contributed by atoms with Crippen LogP contribution in [0.3, 0.4) is 0 Å². The van der Waals surface area contributed by atoms with Crippen molar-refractivity contribution in [2.24, 2.45) is 0 Å². The van der Waals surface area contributed by atoms with Crippen molar-refractivity contribution in [2.75, 3.05) is 33.1 Å². The lowest BCUT2D eigenvalue weighted by Crippen LogP contribution is -2.41. The van der Waals surface area contributed by atoms with E-state index in [1.807, 2.05) is 25.6 Å². The van der Waals surface area contributed by atoms with Crippen LogP contribution in [0.1, 0.15) is 46.7 Å². The molecule has 1 atom stereocenters. The molecule has 0 saturated heterocycles. The average molecular weight is 590 g/mol. The molecule has 0 spiro atoms. The summed E-state index contributed by atoms with van der Waals surface area (Å²) in [4.78, 5) is 2.06. The lowest BCUT2D eigenvalue weighted by molar-refractivity contribution is 0.145. The molecular formula is C20H40IN3O5SSi. The summed E-state index contributed by atoms with van der Waals surface area (Å²) in [5.74, 6) is 0.623. The second kappa shape index (κ2) is 11.8. The maximum absolute atomic E-state index is 11.5. The van der Waals surface area contributed by atoms with Crippen LogP contribution in [0.15, 0.2) is 0 Å². The zero-order chi connectivity index (χ0) is 24.0. The van der Waals surface area contributed by atoms with Crippen LogP contribution in [0.2, 0.25) is 18.1 Å². The minimum Gasteiger partial charge on any atom is -0.476 e. The largest absolute Gasteiger partial charge is 0.476 e. The van der Waals surface area contributed by atoms with E-state index in [4.69, 9.17) is 13.3 Å². The molecule has 1 unspecified atom stereocenters. The van der Waals surface area contributed by atoms with Crippen LogP contribution < -0.4 is 4.74 Å². The Morgan fingerprint density at radius 3 is 2.35 bits per heavy atom. The summed E-state index contributed by atoms with van der Waals surface area (Å²) in [7, 11) is -3.38. The van der Waals surface area contributed by atoms with Gasteiger partial charge in [-0.3, -0.25) is 13.8 Å². The molecule has 0 bridgehead atoms. The van der Waals surface area contributed by atoms with Crippen molar-refractivity contribution < 1.29 is 21.8 Å². The Morgan fingerprint density at radius 1 is 1.26 bits per heavy atom. The number of rotatable bonds is 13. The summed E-state index contributed by atoms with van der Waals surface area (Å²) in [5.41, 5.74) is 1.03. The fourth-order valence-electron chi connectivity index (χ4n) is 2.76. The van der Waals surface area contributed by atoms with Crippen LogP contribution in [0.25, 0.3) is 0 Å². The van der Waals surface area contributed by atoms with E-state index in [1.54, 1.807) is 0 Å². The molecule has 0 fully saturated rings. The zero-order valence-electron chi connectivity index (χ0n) is 20.5. The molecule has 1 aromatic heterocycles. The van der Waals surface area contributed by atoms with Crippen LogP contribution in [0.5, 0.6) is 5.88 Å². The minimum absolute atomic E-state index is 0.153. The third-order valence-electron chi connectivity index (χ3n) is 5.52. The molecule has 182 valence electrons. The van der Waals surface area contributed by atoms with Gasteiger partial charge in [-0.15, -0.1) is 5.10 Å². The number of nitrogens with zero attached hydrogens (tertiary/aromatic N) is 3. The molecule has 8 nitrogen and oxygen atoms in total. The first kappa shape index (κ1) is 28.8. The van der Waals surface area contributed by atoms with Gasteiger partial charge in [0.05, 0.1) is 41.4 Å². The molecule has 1 rings (SSSR count). The van der Waals surface area contributed by atoms with Crippen molar-refractivity contribution in [1.29, 1.82) is 0 Å². The fourth-order valence-corrected chi connectivity index (χ4v) is 5.20. The van der Waals surface area contributed by atoms with E-state index >= 15 is 0 Å². The highest BCUT2D eigenvalue weighted by atomic mass is 127. The fraction of sp³-hybridized carbons (Fsp3) is 0.850. The summed E-state index contributed by atoms with van der Waals surface area (Å²) in [6.07, 6.45) is 1.31. The molecule has 0 N–H and O–H groups in total. The van der Waals surface area contributed by atoms with E-state index in [0.717, 1.165) is 15.5 Å². The van der Waals surface area contributed by atoms with E-state index in [2.05, 4.69) is 66.5 Å². The monoisotopic (exact) mass is 589 g/mol. The smallest absolute Gasteiger partial charge is 0.264 e. The maximum atomic E-state index is 11.5. The molecule has 0 aliphatic rings. The predicted molar refractivity (Wildman–Crippen MR) is 136 cm³/mol. The highest BCUT2D eigenvalue weighted by molar-refractivity contribution is 14.1. The third-order valence-corrected chi connectivity index (χ3v) is 11.8. The van der Waals surface area contributed by atoms with E-state index < -0.39 is 18.4 Å². The lowest BCUT2D eigenvalue weighted by atomic mass is 10.2. The Balaban J connectivity index is 2.95. The van der Waals surface area contributed by atoms with Crippen molar-refractivity contribution in [3.63, 3.8) is 0 Å². The van der Waals surface area contributed by atoms with Crippen molar-refractivity contribution >= 4 is 41.0 Å². The SMILES string of the molecule is CCOc1nn(CCO[Si](C)(C)C(C)(C)C)c(CN(C)CC(CC)OS(C)(=O)=O)c1I. The molecule has 31 heavy (non-hydrogen) atoms. The van der Waals surface area contributed by atoms with Gasteiger partial charge in [-0.2, -0.15) is 8.42 Å². The van der Waals surface area contributed by atoms with Gasteiger partial charge in [0.2, 0.25) is 5.88 Å². The quantitative estimate of drug-likeness (QED) is 0.195. The van der Waals surface area contributed by atoms with Gasteiger partial charge < -0.3 is 9.16 Å². The standard InChI is InChI=1S/C20H40IN3O5SSi/c1-10-16(29-30(7,25)26)14-23(6)15-17-18(21)19(27-11-2)22-24(17)12-13-28-31(8,9)20(3,4)5/h16H,10-15H2,1-9H3. The molecule has 0 aliphatic carbocycles. The Hall–Kier alpha value is -0.213. The number of halogens is 1. The number of hydrogen-bond donors (Lipinski definition) is 0. The molecule has 1 aromatic rings. The number of likely N-dealkylation sites (N-methyl/N-ethyl adjacent to an activating group) is 1. The maximum Gasteiger partial charge on any atom is 0.264 e. The van der Waals surface area contributed by atoms with Gasteiger partial charge in [0.25, 0.3) is 10.1 Å². The zero-order valence-corrected chi connectivity index (χ0v) is 24.5. The first-order valence-electron chi connectivity index (χ1n) is 10.7. The summed E-state index contributed by atoms with van der Waals surface area (Å²) in [6.45, 7) is 17.9. The predicted octanol–water partition coefficient (Wildman–Crippen LogP) is 4.09. The summed E-state index contributed by atoms with van der Waals surface area (Å²) in [5, 5.41) is 4.81. The van der Waals surface area contributed by atoms with Gasteiger partial charge in [0.1, 0.15) is 0 Å². The van der Waals surface area contributed by atoms with E-state index in [0.29, 0.717) is 45.1 Å². The lowest BCUT2D eigenvalue weighted by Gasteiger charge is -2.36. The second-order valence-electron chi connectivity index (χ2n) is 9.36. The van der Waals surface area contributed by atoms with Crippen molar-refractivity contribution in [3.05, 3.63) is 9.26 Å². The summed E-state index contributed by atoms with van der Waals surface area (Å²) < 4.78 is 43.2. The number of hydrogen-bond acceptors (Lipinski definition) is 7. The van der Waals surface area contributed by atoms with Crippen molar-refractivity contribution in [1.82, 2.24) is 14.7 Å². The van der Waals surface area contributed by atoms with Crippen LogP contribution in [-0.2, 0) is 31.8 Å². The summed E-state index contributed by atoms with van der Waals surface area (Å²) in [6, 6.07) is 0. The highest BCUT2D eigenvalue weighted by Gasteiger charge is 2.37. The first-order valence-corrected chi connectivity index (χ1v) is 16.5. The first-order chi connectivity index (χ1) is 14.1. The van der Waals surface area contributed by atoms with Crippen LogP contribution in [-0.4, -0.2) is 70.6 Å². The molecular weight excluding hydrogens is 549 g/mol. The average Bonchev–Trinajstić information content (AvgIpc) is 2.88. The van der Waals surface area contributed by atoms with Crippen molar-refractivity contribution in [2.45, 2.75) is 78.4 Å². The third kappa shape index (κ3) is 9.28. The van der Waals surface area contributed by atoms with E-state index in [1.165, 1.54) is 0 Å².